The van der Waals surface area contributed by atoms with Crippen molar-refractivity contribution >= 4 is 11.7 Å². The van der Waals surface area contributed by atoms with Crippen LogP contribution in [0.5, 0.6) is 0 Å². The van der Waals surface area contributed by atoms with Crippen LogP contribution >= 0.6 is 0 Å². The molecule has 1 fully saturated rings. The number of carbonyl (C=O) groups is 1. The molecule has 0 aliphatic carbocycles. The predicted molar refractivity (Wildman–Crippen MR) is 92.8 cm³/mol. The molecule has 1 aliphatic heterocycles. The molecular formula is C18H24N4O2. The number of furan rings is 1. The number of pyridine rings is 1. The Hall–Kier alpha value is -2.34. The minimum Gasteiger partial charge on any atom is -0.467 e. The van der Waals surface area contributed by atoms with E-state index < -0.39 is 0 Å². The van der Waals surface area contributed by atoms with E-state index in [0.29, 0.717) is 19.1 Å². The van der Waals surface area contributed by atoms with Crippen molar-refractivity contribution in [2.45, 2.75) is 26.4 Å². The Bertz CT molecular complexity index is 671. The summed E-state index contributed by atoms with van der Waals surface area (Å²) >= 11 is 0. The molecule has 1 atom stereocenters. The van der Waals surface area contributed by atoms with Gasteiger partial charge >= 0.3 is 0 Å². The van der Waals surface area contributed by atoms with Crippen LogP contribution in [-0.2, 0) is 11.3 Å². The molecule has 6 heteroatoms. The maximum Gasteiger partial charge on any atom is 0.234 e. The van der Waals surface area contributed by atoms with Crippen molar-refractivity contribution in [3.8, 4) is 0 Å². The van der Waals surface area contributed by atoms with Crippen LogP contribution < -0.4 is 10.2 Å². The lowest BCUT2D eigenvalue weighted by molar-refractivity contribution is -0.123. The average Bonchev–Trinajstić information content (AvgIpc) is 3.08. The number of piperazine rings is 1. The predicted octanol–water partition coefficient (Wildman–Crippen LogP) is 1.81. The molecule has 0 aromatic carbocycles. The van der Waals surface area contributed by atoms with E-state index in [1.807, 2.05) is 37.3 Å². The summed E-state index contributed by atoms with van der Waals surface area (Å²) in [5.74, 6) is 1.82. The van der Waals surface area contributed by atoms with Crippen LogP contribution in [0.3, 0.4) is 0 Å². The molecule has 3 rings (SSSR count). The third-order valence-corrected chi connectivity index (χ3v) is 4.35. The minimum atomic E-state index is 0.0281. The van der Waals surface area contributed by atoms with Gasteiger partial charge in [0.05, 0.1) is 19.4 Å². The first-order chi connectivity index (χ1) is 11.6. The summed E-state index contributed by atoms with van der Waals surface area (Å²) in [6.07, 6.45) is 1.61. The molecule has 0 unspecified atom stereocenters. The van der Waals surface area contributed by atoms with E-state index in [0.717, 1.165) is 36.9 Å². The number of nitrogens with one attached hydrogen (secondary N) is 1. The number of hydrogen-bond acceptors (Lipinski definition) is 5. The van der Waals surface area contributed by atoms with Crippen LogP contribution in [0.25, 0.3) is 0 Å². The molecule has 128 valence electrons. The first kappa shape index (κ1) is 16.5. The molecule has 24 heavy (non-hydrogen) atoms. The highest BCUT2D eigenvalue weighted by Gasteiger charge is 2.25. The van der Waals surface area contributed by atoms with Gasteiger partial charge in [-0.25, -0.2) is 4.98 Å². The Morgan fingerprint density at radius 1 is 1.33 bits per heavy atom. The molecule has 0 spiro atoms. The van der Waals surface area contributed by atoms with Crippen LogP contribution in [0.1, 0.15) is 18.4 Å². The summed E-state index contributed by atoms with van der Waals surface area (Å²) in [4.78, 5) is 21.2. The zero-order valence-electron chi connectivity index (χ0n) is 14.2. The first-order valence-electron chi connectivity index (χ1n) is 8.33. The zero-order valence-corrected chi connectivity index (χ0v) is 14.2. The first-order valence-corrected chi connectivity index (χ1v) is 8.33. The van der Waals surface area contributed by atoms with Gasteiger partial charge in [-0.2, -0.15) is 0 Å². The van der Waals surface area contributed by atoms with Gasteiger partial charge in [-0.15, -0.1) is 0 Å². The smallest absolute Gasteiger partial charge is 0.234 e. The van der Waals surface area contributed by atoms with Crippen molar-refractivity contribution in [2.24, 2.45) is 0 Å². The summed E-state index contributed by atoms with van der Waals surface area (Å²) in [5.41, 5.74) is 1.03. The second-order valence-corrected chi connectivity index (χ2v) is 6.26. The maximum absolute atomic E-state index is 12.1. The van der Waals surface area contributed by atoms with Gasteiger partial charge in [0.1, 0.15) is 11.6 Å². The molecule has 1 saturated heterocycles. The summed E-state index contributed by atoms with van der Waals surface area (Å²) < 4.78 is 5.23. The van der Waals surface area contributed by atoms with Crippen molar-refractivity contribution in [1.82, 2.24) is 15.2 Å². The average molecular weight is 328 g/mol. The lowest BCUT2D eigenvalue weighted by Crippen LogP contribution is -2.54. The van der Waals surface area contributed by atoms with Crippen LogP contribution in [0.15, 0.2) is 41.0 Å². The molecule has 2 aromatic heterocycles. The topological polar surface area (TPSA) is 61.6 Å². The normalized spacial score (nSPS) is 18.6. The highest BCUT2D eigenvalue weighted by Crippen LogP contribution is 2.17. The van der Waals surface area contributed by atoms with Gasteiger partial charge in [-0.05, 0) is 38.1 Å². The van der Waals surface area contributed by atoms with E-state index in [-0.39, 0.29) is 5.91 Å². The number of aryl methyl sites for hydroxylation is 1. The minimum absolute atomic E-state index is 0.0281. The Morgan fingerprint density at radius 3 is 2.92 bits per heavy atom. The number of rotatable bonds is 5. The van der Waals surface area contributed by atoms with Crippen molar-refractivity contribution in [3.63, 3.8) is 0 Å². The highest BCUT2D eigenvalue weighted by molar-refractivity contribution is 5.78. The molecule has 6 nitrogen and oxygen atoms in total. The molecular weight excluding hydrogens is 304 g/mol. The fourth-order valence-corrected chi connectivity index (χ4v) is 2.98. The van der Waals surface area contributed by atoms with Crippen molar-refractivity contribution < 1.29 is 9.21 Å². The highest BCUT2D eigenvalue weighted by atomic mass is 16.3. The summed E-state index contributed by atoms with van der Waals surface area (Å²) in [6.45, 7) is 7.62. The van der Waals surface area contributed by atoms with Crippen LogP contribution in [0.4, 0.5) is 5.82 Å². The maximum atomic E-state index is 12.1. The molecule has 2 aromatic rings. The summed E-state index contributed by atoms with van der Waals surface area (Å²) in [6, 6.07) is 10.1. The van der Waals surface area contributed by atoms with E-state index in [4.69, 9.17) is 4.42 Å². The van der Waals surface area contributed by atoms with Gasteiger partial charge in [-0.3, -0.25) is 9.69 Å². The Kier molecular flexibility index (Phi) is 5.15. The van der Waals surface area contributed by atoms with E-state index in [1.54, 1.807) is 6.26 Å². The lowest BCUT2D eigenvalue weighted by Gasteiger charge is -2.40. The van der Waals surface area contributed by atoms with Crippen molar-refractivity contribution in [2.75, 3.05) is 31.1 Å². The van der Waals surface area contributed by atoms with Gasteiger partial charge < -0.3 is 14.6 Å². The van der Waals surface area contributed by atoms with Crippen LogP contribution in [-0.4, -0.2) is 48.0 Å². The summed E-state index contributed by atoms with van der Waals surface area (Å²) in [7, 11) is 0. The monoisotopic (exact) mass is 328 g/mol. The molecule has 0 radical (unpaired) electrons. The van der Waals surface area contributed by atoms with Gasteiger partial charge in [-0.1, -0.05) is 6.07 Å². The van der Waals surface area contributed by atoms with E-state index in [2.05, 4.69) is 27.0 Å². The number of anilines is 1. The quantitative estimate of drug-likeness (QED) is 0.907. The lowest BCUT2D eigenvalue weighted by atomic mass is 10.2. The molecule has 1 amide bonds. The van der Waals surface area contributed by atoms with Crippen molar-refractivity contribution in [3.05, 3.63) is 48.0 Å². The van der Waals surface area contributed by atoms with E-state index in [1.165, 1.54) is 0 Å². The second-order valence-electron chi connectivity index (χ2n) is 6.26. The SMILES string of the molecule is Cc1cccc(N2CCN(CC(=O)NCc3ccco3)[C@H](C)C2)n1. The van der Waals surface area contributed by atoms with Crippen LogP contribution in [0.2, 0.25) is 0 Å². The summed E-state index contributed by atoms with van der Waals surface area (Å²) in [5, 5.41) is 2.90. The van der Waals surface area contributed by atoms with Gasteiger partial charge in [0.2, 0.25) is 5.91 Å². The Balaban J connectivity index is 1.49. The fourth-order valence-electron chi connectivity index (χ4n) is 2.98. The number of nitrogens with zero attached hydrogens (tertiary/aromatic N) is 3. The third-order valence-electron chi connectivity index (χ3n) is 4.35. The fraction of sp³-hybridized carbons (Fsp3) is 0.444. The second kappa shape index (κ2) is 7.49. The van der Waals surface area contributed by atoms with E-state index >= 15 is 0 Å². The van der Waals surface area contributed by atoms with Gasteiger partial charge in [0.25, 0.3) is 0 Å². The molecule has 1 N–H and O–H groups in total. The van der Waals surface area contributed by atoms with Crippen LogP contribution in [0, 0.1) is 6.92 Å². The number of carbonyl (C=O) groups excluding carboxylic acids is 1. The molecule has 3 heterocycles. The molecule has 0 saturated carbocycles. The van der Waals surface area contributed by atoms with Gasteiger partial charge in [0.15, 0.2) is 0 Å². The Morgan fingerprint density at radius 2 is 2.21 bits per heavy atom. The number of amides is 1. The number of aromatic nitrogens is 1. The van der Waals surface area contributed by atoms with Gasteiger partial charge in [0, 0.05) is 31.4 Å². The standard InChI is InChI=1S/C18H24N4O2/c1-14-5-3-7-17(20-14)22-9-8-21(15(2)12-22)13-18(23)19-11-16-6-4-10-24-16/h3-7,10,15H,8-9,11-13H2,1-2H3,(H,19,23)/t15-/m1/s1. The number of hydrogen-bond donors (Lipinski definition) is 1. The third kappa shape index (κ3) is 4.14. The molecule has 1 aliphatic rings. The van der Waals surface area contributed by atoms with E-state index in [9.17, 15) is 4.79 Å². The molecule has 0 bridgehead atoms. The largest absolute Gasteiger partial charge is 0.467 e. The zero-order chi connectivity index (χ0) is 16.9. The Labute approximate surface area is 142 Å². The van der Waals surface area contributed by atoms with Crippen molar-refractivity contribution in [1.29, 1.82) is 0 Å².